The zero-order valence-corrected chi connectivity index (χ0v) is 9.28. The predicted octanol–water partition coefficient (Wildman–Crippen LogP) is 3.11. The van der Waals surface area contributed by atoms with Gasteiger partial charge >= 0.3 is 6.09 Å². The molecule has 1 aromatic carbocycles. The molecule has 1 aromatic rings. The molecule has 0 unspecified atom stereocenters. The summed E-state index contributed by atoms with van der Waals surface area (Å²) in [4.78, 5) is 10.9. The van der Waals surface area contributed by atoms with Crippen LogP contribution in [0.5, 0.6) is 0 Å². The van der Waals surface area contributed by atoms with Gasteiger partial charge in [0.05, 0.1) is 5.54 Å². The smallest absolute Gasteiger partial charge is 0.405 e. The van der Waals surface area contributed by atoms with Gasteiger partial charge in [0.2, 0.25) is 0 Å². The van der Waals surface area contributed by atoms with Gasteiger partial charge in [-0.2, -0.15) is 0 Å². The lowest BCUT2D eigenvalue weighted by Crippen LogP contribution is -2.46. The van der Waals surface area contributed by atoms with E-state index in [0.29, 0.717) is 0 Å². The van der Waals surface area contributed by atoms with Crippen LogP contribution in [0.4, 0.5) is 4.79 Å². The summed E-state index contributed by atoms with van der Waals surface area (Å²) in [5.74, 6) is 0. The minimum absolute atomic E-state index is 0.356. The van der Waals surface area contributed by atoms with Gasteiger partial charge in [-0.05, 0) is 18.4 Å². The molecule has 1 amide bonds. The number of amides is 1. The second-order valence-electron chi connectivity index (χ2n) is 4.44. The first-order chi connectivity index (χ1) is 7.73. The minimum atomic E-state index is -0.925. The zero-order chi connectivity index (χ0) is 11.4. The Balaban J connectivity index is 2.29. The van der Waals surface area contributed by atoms with Crippen LogP contribution < -0.4 is 5.32 Å². The normalized spacial score (nSPS) is 19.0. The first-order valence-corrected chi connectivity index (χ1v) is 5.80. The van der Waals surface area contributed by atoms with Crippen LogP contribution in [0.3, 0.4) is 0 Å². The Morgan fingerprint density at radius 3 is 2.31 bits per heavy atom. The van der Waals surface area contributed by atoms with Crippen molar-refractivity contribution in [2.45, 2.75) is 37.6 Å². The van der Waals surface area contributed by atoms with Crippen LogP contribution in [0.25, 0.3) is 0 Å². The summed E-state index contributed by atoms with van der Waals surface area (Å²) in [6.07, 6.45) is 4.28. The molecule has 0 atom stereocenters. The molecule has 1 saturated carbocycles. The molecule has 2 rings (SSSR count). The summed E-state index contributed by atoms with van der Waals surface area (Å²) in [6.45, 7) is 0. The molecule has 1 aliphatic rings. The van der Waals surface area contributed by atoms with Gasteiger partial charge in [-0.3, -0.25) is 0 Å². The van der Waals surface area contributed by atoms with E-state index in [1.54, 1.807) is 0 Å². The molecule has 0 radical (unpaired) electrons. The zero-order valence-electron chi connectivity index (χ0n) is 9.28. The Kier molecular flexibility index (Phi) is 3.13. The first-order valence-electron chi connectivity index (χ1n) is 5.80. The van der Waals surface area contributed by atoms with Gasteiger partial charge in [-0.1, -0.05) is 49.6 Å². The molecule has 16 heavy (non-hydrogen) atoms. The number of nitrogens with one attached hydrogen (secondary N) is 1. The second kappa shape index (κ2) is 4.56. The summed E-state index contributed by atoms with van der Waals surface area (Å²) >= 11 is 0. The van der Waals surface area contributed by atoms with E-state index in [0.717, 1.165) is 31.2 Å². The fourth-order valence-electron chi connectivity index (χ4n) is 2.60. The summed E-state index contributed by atoms with van der Waals surface area (Å²) in [7, 11) is 0. The number of hydrogen-bond donors (Lipinski definition) is 2. The highest BCUT2D eigenvalue weighted by molar-refractivity contribution is 5.66. The Morgan fingerprint density at radius 2 is 1.75 bits per heavy atom. The third kappa shape index (κ3) is 2.18. The van der Waals surface area contributed by atoms with E-state index in [2.05, 4.69) is 5.32 Å². The molecular weight excluding hydrogens is 202 g/mol. The standard InChI is InChI=1S/C13H17NO2/c15-12(16)14-13(9-5-2-6-10-13)11-7-3-1-4-8-11/h1,3-4,7-8,14H,2,5-6,9-10H2,(H,15,16). The average molecular weight is 219 g/mol. The average Bonchev–Trinajstić information content (AvgIpc) is 2.30. The molecule has 0 bridgehead atoms. The maximum absolute atomic E-state index is 10.9. The van der Waals surface area contributed by atoms with Crippen LogP contribution in [-0.2, 0) is 5.54 Å². The van der Waals surface area contributed by atoms with Crippen molar-refractivity contribution in [3.8, 4) is 0 Å². The fourth-order valence-corrected chi connectivity index (χ4v) is 2.60. The highest BCUT2D eigenvalue weighted by Gasteiger charge is 2.35. The number of carbonyl (C=O) groups is 1. The van der Waals surface area contributed by atoms with Gasteiger partial charge in [0.15, 0.2) is 0 Å². The lowest BCUT2D eigenvalue weighted by atomic mass is 9.77. The van der Waals surface area contributed by atoms with Gasteiger partial charge in [-0.15, -0.1) is 0 Å². The number of rotatable bonds is 2. The molecule has 0 saturated heterocycles. The Labute approximate surface area is 95.5 Å². The van der Waals surface area contributed by atoms with E-state index in [1.807, 2.05) is 30.3 Å². The lowest BCUT2D eigenvalue weighted by molar-refractivity contribution is 0.162. The molecule has 1 aliphatic carbocycles. The van der Waals surface area contributed by atoms with Gasteiger partial charge in [0, 0.05) is 0 Å². The van der Waals surface area contributed by atoms with Crippen molar-refractivity contribution in [3.63, 3.8) is 0 Å². The van der Waals surface area contributed by atoms with Crippen molar-refractivity contribution < 1.29 is 9.90 Å². The van der Waals surface area contributed by atoms with Crippen LogP contribution in [0.15, 0.2) is 30.3 Å². The van der Waals surface area contributed by atoms with Gasteiger partial charge in [0.1, 0.15) is 0 Å². The van der Waals surface area contributed by atoms with E-state index >= 15 is 0 Å². The molecule has 1 fully saturated rings. The highest BCUT2D eigenvalue weighted by Crippen LogP contribution is 2.36. The van der Waals surface area contributed by atoms with Crippen LogP contribution in [0.1, 0.15) is 37.7 Å². The Bertz CT molecular complexity index is 355. The lowest BCUT2D eigenvalue weighted by Gasteiger charge is -2.37. The van der Waals surface area contributed by atoms with Crippen molar-refractivity contribution in [3.05, 3.63) is 35.9 Å². The van der Waals surface area contributed by atoms with E-state index in [9.17, 15) is 4.79 Å². The minimum Gasteiger partial charge on any atom is -0.465 e. The van der Waals surface area contributed by atoms with Crippen LogP contribution in [0, 0.1) is 0 Å². The second-order valence-corrected chi connectivity index (χ2v) is 4.44. The third-order valence-corrected chi connectivity index (χ3v) is 3.38. The number of carboxylic acid groups (broad SMARTS) is 1. The van der Waals surface area contributed by atoms with Crippen LogP contribution >= 0.6 is 0 Å². The van der Waals surface area contributed by atoms with Gasteiger partial charge < -0.3 is 10.4 Å². The molecule has 3 heteroatoms. The van der Waals surface area contributed by atoms with Crippen molar-refractivity contribution in [2.75, 3.05) is 0 Å². The van der Waals surface area contributed by atoms with E-state index in [1.165, 1.54) is 6.42 Å². The molecule has 3 nitrogen and oxygen atoms in total. The van der Waals surface area contributed by atoms with Crippen molar-refractivity contribution >= 4 is 6.09 Å². The molecular formula is C13H17NO2. The van der Waals surface area contributed by atoms with Crippen LogP contribution in [-0.4, -0.2) is 11.2 Å². The summed E-state index contributed by atoms with van der Waals surface area (Å²) < 4.78 is 0. The fraction of sp³-hybridized carbons (Fsp3) is 0.462. The van der Waals surface area contributed by atoms with E-state index in [-0.39, 0.29) is 5.54 Å². The van der Waals surface area contributed by atoms with Crippen LogP contribution in [0.2, 0.25) is 0 Å². The summed E-state index contributed by atoms with van der Waals surface area (Å²) in [6, 6.07) is 9.92. The summed E-state index contributed by atoms with van der Waals surface area (Å²) in [5.41, 5.74) is 0.739. The van der Waals surface area contributed by atoms with E-state index in [4.69, 9.17) is 5.11 Å². The largest absolute Gasteiger partial charge is 0.465 e. The topological polar surface area (TPSA) is 49.3 Å². The number of benzene rings is 1. The molecule has 0 aromatic heterocycles. The molecule has 0 spiro atoms. The Hall–Kier alpha value is -1.51. The first kappa shape index (κ1) is 11.0. The Morgan fingerprint density at radius 1 is 1.12 bits per heavy atom. The van der Waals surface area contributed by atoms with Gasteiger partial charge in [0.25, 0.3) is 0 Å². The number of hydrogen-bond acceptors (Lipinski definition) is 1. The molecule has 2 N–H and O–H groups in total. The predicted molar refractivity (Wildman–Crippen MR) is 62.4 cm³/mol. The maximum atomic E-state index is 10.9. The maximum Gasteiger partial charge on any atom is 0.405 e. The monoisotopic (exact) mass is 219 g/mol. The summed E-state index contributed by atoms with van der Waals surface area (Å²) in [5, 5.41) is 11.7. The van der Waals surface area contributed by atoms with Crippen molar-refractivity contribution in [1.82, 2.24) is 5.32 Å². The highest BCUT2D eigenvalue weighted by atomic mass is 16.4. The molecule has 0 aliphatic heterocycles. The molecule has 0 heterocycles. The van der Waals surface area contributed by atoms with Crippen molar-refractivity contribution in [2.24, 2.45) is 0 Å². The molecule has 86 valence electrons. The quantitative estimate of drug-likeness (QED) is 0.802. The van der Waals surface area contributed by atoms with Gasteiger partial charge in [-0.25, -0.2) is 4.79 Å². The van der Waals surface area contributed by atoms with E-state index < -0.39 is 6.09 Å². The van der Waals surface area contributed by atoms with Crippen molar-refractivity contribution in [1.29, 1.82) is 0 Å². The SMILES string of the molecule is O=C(O)NC1(c2ccccc2)CCCCC1. The third-order valence-electron chi connectivity index (χ3n) is 3.38.